The van der Waals surface area contributed by atoms with Gasteiger partial charge in [0.15, 0.2) is 0 Å². The van der Waals surface area contributed by atoms with Crippen molar-refractivity contribution in [1.82, 2.24) is 15.3 Å². The Morgan fingerprint density at radius 1 is 1.39 bits per heavy atom. The maximum Gasteiger partial charge on any atom is 0.149 e. The molecule has 0 aliphatic carbocycles. The standard InChI is InChI=1S/C12H18N4OS/c1-16(6-4-13-5-7-17-2)12-11-10(3-8-18-11)14-9-15-12/h3,8-9,13H,4-7H2,1-2H3. The van der Waals surface area contributed by atoms with Crippen molar-refractivity contribution in [1.29, 1.82) is 0 Å². The van der Waals surface area contributed by atoms with Gasteiger partial charge < -0.3 is 15.0 Å². The molecule has 0 aliphatic rings. The number of nitrogens with one attached hydrogen (secondary N) is 1. The van der Waals surface area contributed by atoms with E-state index in [0.717, 1.165) is 42.3 Å². The molecule has 18 heavy (non-hydrogen) atoms. The van der Waals surface area contributed by atoms with Crippen molar-refractivity contribution in [2.24, 2.45) is 0 Å². The first kappa shape index (κ1) is 13.2. The predicted molar refractivity (Wildman–Crippen MR) is 75.4 cm³/mol. The number of fused-ring (bicyclic) bond motifs is 1. The normalized spacial score (nSPS) is 11.0. The number of anilines is 1. The van der Waals surface area contributed by atoms with E-state index in [1.807, 2.05) is 11.4 Å². The van der Waals surface area contributed by atoms with Gasteiger partial charge in [0.25, 0.3) is 0 Å². The zero-order valence-corrected chi connectivity index (χ0v) is 11.5. The van der Waals surface area contributed by atoms with Crippen LogP contribution in [-0.2, 0) is 4.74 Å². The molecule has 0 bridgehead atoms. The van der Waals surface area contributed by atoms with Crippen LogP contribution in [0.4, 0.5) is 5.82 Å². The van der Waals surface area contributed by atoms with Crippen LogP contribution >= 0.6 is 11.3 Å². The monoisotopic (exact) mass is 266 g/mol. The first-order chi connectivity index (χ1) is 8.83. The van der Waals surface area contributed by atoms with Gasteiger partial charge in [0, 0.05) is 33.8 Å². The molecule has 0 fully saturated rings. The van der Waals surface area contributed by atoms with Crippen molar-refractivity contribution in [3.63, 3.8) is 0 Å². The van der Waals surface area contributed by atoms with Gasteiger partial charge in [-0.15, -0.1) is 11.3 Å². The van der Waals surface area contributed by atoms with Crippen LogP contribution in [0.1, 0.15) is 0 Å². The van der Waals surface area contributed by atoms with Gasteiger partial charge in [-0.3, -0.25) is 0 Å². The van der Waals surface area contributed by atoms with Crippen molar-refractivity contribution in [2.75, 3.05) is 45.3 Å². The van der Waals surface area contributed by atoms with Crippen LogP contribution in [0.5, 0.6) is 0 Å². The zero-order chi connectivity index (χ0) is 12.8. The SMILES string of the molecule is COCCNCCN(C)c1ncnc2ccsc12. The van der Waals surface area contributed by atoms with Gasteiger partial charge in [0.2, 0.25) is 0 Å². The quantitative estimate of drug-likeness (QED) is 0.767. The van der Waals surface area contributed by atoms with Crippen LogP contribution in [0, 0.1) is 0 Å². The molecule has 0 unspecified atom stereocenters. The maximum absolute atomic E-state index is 4.99. The Morgan fingerprint density at radius 3 is 3.11 bits per heavy atom. The first-order valence-corrected chi connectivity index (χ1v) is 6.80. The van der Waals surface area contributed by atoms with Crippen LogP contribution in [0.25, 0.3) is 10.2 Å². The van der Waals surface area contributed by atoms with Gasteiger partial charge in [0.1, 0.15) is 12.1 Å². The topological polar surface area (TPSA) is 50.3 Å². The number of aromatic nitrogens is 2. The lowest BCUT2D eigenvalue weighted by Crippen LogP contribution is -2.31. The molecule has 2 heterocycles. The number of nitrogens with zero attached hydrogens (tertiary/aromatic N) is 3. The molecule has 0 radical (unpaired) electrons. The highest BCUT2D eigenvalue weighted by molar-refractivity contribution is 7.17. The van der Waals surface area contributed by atoms with Crippen LogP contribution < -0.4 is 10.2 Å². The molecular formula is C12H18N4OS. The predicted octanol–water partition coefficient (Wildman–Crippen LogP) is 1.36. The summed E-state index contributed by atoms with van der Waals surface area (Å²) < 4.78 is 6.14. The van der Waals surface area contributed by atoms with Crippen molar-refractivity contribution >= 4 is 27.4 Å². The number of likely N-dealkylation sites (N-methyl/N-ethyl adjacent to an activating group) is 1. The van der Waals surface area contributed by atoms with Gasteiger partial charge >= 0.3 is 0 Å². The molecule has 2 aromatic rings. The fraction of sp³-hybridized carbons (Fsp3) is 0.500. The number of hydrogen-bond donors (Lipinski definition) is 1. The van der Waals surface area contributed by atoms with E-state index < -0.39 is 0 Å². The molecule has 98 valence electrons. The summed E-state index contributed by atoms with van der Waals surface area (Å²) in [7, 11) is 3.77. The van der Waals surface area contributed by atoms with E-state index in [9.17, 15) is 0 Å². The highest BCUT2D eigenvalue weighted by atomic mass is 32.1. The average Bonchev–Trinajstić information content (AvgIpc) is 2.86. The number of thiophene rings is 1. The molecule has 0 aliphatic heterocycles. The van der Waals surface area contributed by atoms with Crippen molar-refractivity contribution < 1.29 is 4.74 Å². The minimum Gasteiger partial charge on any atom is -0.383 e. The van der Waals surface area contributed by atoms with Gasteiger partial charge in [-0.1, -0.05) is 0 Å². The smallest absolute Gasteiger partial charge is 0.149 e. The molecule has 1 N–H and O–H groups in total. The van der Waals surface area contributed by atoms with E-state index in [1.54, 1.807) is 24.8 Å². The minimum absolute atomic E-state index is 0.742. The molecule has 0 atom stereocenters. The van der Waals surface area contributed by atoms with Gasteiger partial charge in [-0.25, -0.2) is 9.97 Å². The third-order valence-corrected chi connectivity index (χ3v) is 3.59. The molecule has 0 saturated heterocycles. The Morgan fingerprint density at radius 2 is 2.28 bits per heavy atom. The van der Waals surface area contributed by atoms with Crippen molar-refractivity contribution in [3.05, 3.63) is 17.8 Å². The second kappa shape index (κ2) is 6.63. The number of ether oxygens (including phenoxy) is 1. The summed E-state index contributed by atoms with van der Waals surface area (Å²) in [4.78, 5) is 10.8. The molecule has 6 heteroatoms. The van der Waals surface area contributed by atoms with Gasteiger partial charge in [0.05, 0.1) is 16.8 Å². The molecule has 0 spiro atoms. The van der Waals surface area contributed by atoms with E-state index >= 15 is 0 Å². The van der Waals surface area contributed by atoms with Gasteiger partial charge in [-0.2, -0.15) is 0 Å². The Balaban J connectivity index is 1.92. The molecule has 0 saturated carbocycles. The van der Waals surface area contributed by atoms with E-state index in [-0.39, 0.29) is 0 Å². The number of hydrogen-bond acceptors (Lipinski definition) is 6. The van der Waals surface area contributed by atoms with Crippen LogP contribution in [0.2, 0.25) is 0 Å². The van der Waals surface area contributed by atoms with E-state index in [0.29, 0.717) is 0 Å². The Hall–Kier alpha value is -1.24. The lowest BCUT2D eigenvalue weighted by Gasteiger charge is -2.18. The maximum atomic E-state index is 4.99. The van der Waals surface area contributed by atoms with E-state index in [4.69, 9.17) is 4.74 Å². The summed E-state index contributed by atoms with van der Waals surface area (Å²) >= 11 is 1.68. The van der Waals surface area contributed by atoms with E-state index in [2.05, 4.69) is 27.2 Å². The summed E-state index contributed by atoms with van der Waals surface area (Å²) in [5.74, 6) is 1.00. The molecule has 5 nitrogen and oxygen atoms in total. The molecule has 0 aromatic carbocycles. The largest absolute Gasteiger partial charge is 0.383 e. The number of rotatable bonds is 7. The molecular weight excluding hydrogens is 248 g/mol. The van der Waals surface area contributed by atoms with Crippen LogP contribution in [0.3, 0.4) is 0 Å². The Labute approximate surface area is 111 Å². The summed E-state index contributed by atoms with van der Waals surface area (Å²) in [5, 5.41) is 5.37. The van der Waals surface area contributed by atoms with Crippen molar-refractivity contribution in [3.8, 4) is 0 Å². The summed E-state index contributed by atoms with van der Waals surface area (Å²) in [5.41, 5.74) is 1.02. The Kier molecular flexibility index (Phi) is 4.86. The summed E-state index contributed by atoms with van der Waals surface area (Å²) in [6.45, 7) is 3.44. The average molecular weight is 266 g/mol. The van der Waals surface area contributed by atoms with Gasteiger partial charge in [-0.05, 0) is 11.4 Å². The van der Waals surface area contributed by atoms with E-state index in [1.165, 1.54) is 0 Å². The minimum atomic E-state index is 0.742. The lowest BCUT2D eigenvalue weighted by atomic mass is 10.4. The Bertz CT molecular complexity index is 488. The lowest BCUT2D eigenvalue weighted by molar-refractivity contribution is 0.200. The summed E-state index contributed by atoms with van der Waals surface area (Å²) in [6.07, 6.45) is 1.62. The highest BCUT2D eigenvalue weighted by Crippen LogP contribution is 2.26. The molecule has 2 aromatic heterocycles. The first-order valence-electron chi connectivity index (χ1n) is 5.92. The third kappa shape index (κ3) is 3.16. The fourth-order valence-electron chi connectivity index (χ4n) is 1.70. The fourth-order valence-corrected chi connectivity index (χ4v) is 2.59. The van der Waals surface area contributed by atoms with Crippen LogP contribution in [-0.4, -0.2) is 50.4 Å². The van der Waals surface area contributed by atoms with Crippen molar-refractivity contribution in [2.45, 2.75) is 0 Å². The zero-order valence-electron chi connectivity index (χ0n) is 10.7. The summed E-state index contributed by atoms with van der Waals surface area (Å²) in [6, 6.07) is 2.02. The second-order valence-corrected chi connectivity index (χ2v) is 4.91. The molecule has 0 amide bonds. The van der Waals surface area contributed by atoms with Crippen LogP contribution in [0.15, 0.2) is 17.8 Å². The molecule has 2 rings (SSSR count). The number of methoxy groups -OCH3 is 1. The second-order valence-electron chi connectivity index (χ2n) is 4.00. The highest BCUT2D eigenvalue weighted by Gasteiger charge is 2.08. The third-order valence-electron chi connectivity index (χ3n) is 2.69.